The second kappa shape index (κ2) is 5.33. The van der Waals surface area contributed by atoms with Crippen molar-refractivity contribution in [2.24, 2.45) is 5.92 Å². The van der Waals surface area contributed by atoms with Gasteiger partial charge in [0.15, 0.2) is 0 Å². The first-order valence-electron chi connectivity index (χ1n) is 2.48. The minimum atomic E-state index is -1.08. The molecule has 0 aliphatic rings. The van der Waals surface area contributed by atoms with Crippen LogP contribution in [0.1, 0.15) is 13.3 Å². The molecule has 1 unspecified atom stereocenters. The second-order valence-corrected chi connectivity index (χ2v) is 1.84. The average molecular weight is 140 g/mol. The molecular weight excluding hydrogens is 131 g/mol. The zero-order valence-corrected chi connectivity index (χ0v) is 5.00. The number of carboxylic acids is 2. The Morgan fingerprint density at radius 3 is 1.90 bits per heavy atom. The van der Waals surface area contributed by atoms with E-state index in [1.807, 2.05) is 0 Å². The minimum absolute atomic E-state index is 0. The molecule has 0 saturated heterocycles. The second-order valence-electron chi connectivity index (χ2n) is 1.84. The summed E-state index contributed by atoms with van der Waals surface area (Å²) in [5, 5.41) is 16.2. The van der Waals surface area contributed by atoms with Gasteiger partial charge in [-0.15, -0.1) is 0 Å². The van der Waals surface area contributed by atoms with Crippen molar-refractivity contribution in [1.82, 2.24) is 0 Å². The summed E-state index contributed by atoms with van der Waals surface area (Å²) in [5.74, 6) is -2.94. The van der Waals surface area contributed by atoms with Crippen LogP contribution in [-0.2, 0) is 9.59 Å². The standard InChI is InChI=1S/C5H8O4.Li.H/c1-3(5(8)9)2-4(6)7;;/h3H,2H2,1H3,(H,6,7)(H,8,9);;. The predicted octanol–water partition coefficient (Wildman–Crippen LogP) is -0.467. The topological polar surface area (TPSA) is 74.6 Å². The fourth-order valence-electron chi connectivity index (χ4n) is 0.349. The van der Waals surface area contributed by atoms with Crippen LogP contribution in [0.25, 0.3) is 0 Å². The molecule has 5 heteroatoms. The van der Waals surface area contributed by atoms with Gasteiger partial charge in [-0.1, -0.05) is 6.92 Å². The maximum atomic E-state index is 9.97. The summed E-state index contributed by atoms with van der Waals surface area (Å²) >= 11 is 0. The van der Waals surface area contributed by atoms with E-state index in [1.54, 1.807) is 0 Å². The fourth-order valence-corrected chi connectivity index (χ4v) is 0.349. The normalized spacial score (nSPS) is 11.3. The number of carbonyl (C=O) groups is 2. The van der Waals surface area contributed by atoms with Crippen molar-refractivity contribution in [2.75, 3.05) is 0 Å². The van der Waals surface area contributed by atoms with Crippen LogP contribution in [0, 0.1) is 5.92 Å². The molecule has 0 saturated carbocycles. The molecule has 0 radical (unpaired) electrons. The van der Waals surface area contributed by atoms with Crippen LogP contribution >= 0.6 is 0 Å². The van der Waals surface area contributed by atoms with Crippen LogP contribution in [0.3, 0.4) is 0 Å². The van der Waals surface area contributed by atoms with E-state index in [9.17, 15) is 9.59 Å². The summed E-state index contributed by atoms with van der Waals surface area (Å²) in [6, 6.07) is 0. The van der Waals surface area contributed by atoms with Crippen LogP contribution < -0.4 is 0 Å². The van der Waals surface area contributed by atoms with Gasteiger partial charge < -0.3 is 10.2 Å². The van der Waals surface area contributed by atoms with Gasteiger partial charge >= 0.3 is 30.8 Å². The van der Waals surface area contributed by atoms with Gasteiger partial charge in [0.05, 0.1) is 12.3 Å². The van der Waals surface area contributed by atoms with Gasteiger partial charge in [-0.25, -0.2) is 0 Å². The van der Waals surface area contributed by atoms with Crippen LogP contribution in [0.5, 0.6) is 0 Å². The zero-order valence-electron chi connectivity index (χ0n) is 5.00. The monoisotopic (exact) mass is 140 g/mol. The molecule has 0 aromatic heterocycles. The first kappa shape index (κ1) is 12.2. The Labute approximate surface area is 70.4 Å². The van der Waals surface area contributed by atoms with Crippen molar-refractivity contribution in [3.63, 3.8) is 0 Å². The third-order valence-electron chi connectivity index (χ3n) is 0.902. The number of rotatable bonds is 3. The molecule has 1 atom stereocenters. The van der Waals surface area contributed by atoms with Crippen LogP contribution in [0.4, 0.5) is 0 Å². The Balaban J connectivity index is 0. The zero-order chi connectivity index (χ0) is 7.44. The molecule has 54 valence electrons. The molecule has 0 aliphatic carbocycles. The summed E-state index contributed by atoms with van der Waals surface area (Å²) in [6.45, 7) is 1.36. The van der Waals surface area contributed by atoms with Crippen LogP contribution in [0.2, 0.25) is 0 Å². The molecule has 0 aromatic carbocycles. The third-order valence-corrected chi connectivity index (χ3v) is 0.902. The van der Waals surface area contributed by atoms with Crippen molar-refractivity contribution >= 4 is 30.8 Å². The molecule has 0 spiro atoms. The van der Waals surface area contributed by atoms with Crippen LogP contribution in [-0.4, -0.2) is 41.0 Å². The van der Waals surface area contributed by atoms with Gasteiger partial charge in [0.2, 0.25) is 0 Å². The average Bonchev–Trinajstić information content (AvgIpc) is 1.63. The summed E-state index contributed by atoms with van der Waals surface area (Å²) in [5.41, 5.74) is 0. The maximum absolute atomic E-state index is 9.97. The number of hydrogen-bond donors (Lipinski definition) is 2. The molecule has 0 rings (SSSR count). The number of carboxylic acid groups (broad SMARTS) is 2. The van der Waals surface area contributed by atoms with Crippen molar-refractivity contribution < 1.29 is 19.8 Å². The van der Waals surface area contributed by atoms with Gasteiger partial charge in [0, 0.05) is 0 Å². The van der Waals surface area contributed by atoms with E-state index in [0.717, 1.165) is 0 Å². The Kier molecular flexibility index (Phi) is 6.52. The summed E-state index contributed by atoms with van der Waals surface area (Å²) in [6.07, 6.45) is -0.310. The molecule has 4 nitrogen and oxygen atoms in total. The van der Waals surface area contributed by atoms with Crippen LogP contribution in [0.15, 0.2) is 0 Å². The number of aliphatic carboxylic acids is 2. The van der Waals surface area contributed by atoms with E-state index < -0.39 is 17.9 Å². The Morgan fingerprint density at radius 2 is 1.80 bits per heavy atom. The predicted molar refractivity (Wildman–Crippen MR) is 36.2 cm³/mol. The van der Waals surface area contributed by atoms with Gasteiger partial charge in [-0.3, -0.25) is 9.59 Å². The van der Waals surface area contributed by atoms with Crippen molar-refractivity contribution in [1.29, 1.82) is 0 Å². The fraction of sp³-hybridized carbons (Fsp3) is 0.600. The molecule has 0 aliphatic heterocycles. The first-order chi connectivity index (χ1) is 4.04. The molecule has 0 heterocycles. The molecule has 0 bridgehead atoms. The van der Waals surface area contributed by atoms with Gasteiger partial charge in [-0.2, -0.15) is 0 Å². The van der Waals surface area contributed by atoms with E-state index in [2.05, 4.69) is 0 Å². The van der Waals surface area contributed by atoms with Crippen molar-refractivity contribution in [3.8, 4) is 0 Å². The molecule has 0 aromatic rings. The summed E-state index contributed by atoms with van der Waals surface area (Å²) < 4.78 is 0. The molecule has 2 N–H and O–H groups in total. The van der Waals surface area contributed by atoms with E-state index in [1.165, 1.54) is 6.92 Å². The number of hydrogen-bond acceptors (Lipinski definition) is 2. The van der Waals surface area contributed by atoms with Gasteiger partial charge in [0.1, 0.15) is 0 Å². The van der Waals surface area contributed by atoms with Crippen molar-refractivity contribution in [3.05, 3.63) is 0 Å². The van der Waals surface area contributed by atoms with E-state index in [0.29, 0.717) is 0 Å². The SMILES string of the molecule is CC(CC(=O)O)C(=O)O.[LiH]. The van der Waals surface area contributed by atoms with Gasteiger partial charge in [-0.05, 0) is 0 Å². The molecule has 0 amide bonds. The quantitative estimate of drug-likeness (QED) is 0.520. The van der Waals surface area contributed by atoms with E-state index in [4.69, 9.17) is 10.2 Å². The molecular formula is C5H9LiO4. The molecule has 10 heavy (non-hydrogen) atoms. The Morgan fingerprint density at radius 1 is 1.40 bits per heavy atom. The Hall–Kier alpha value is -0.463. The third kappa shape index (κ3) is 5.67. The Bertz CT molecular complexity index is 134. The van der Waals surface area contributed by atoms with E-state index >= 15 is 0 Å². The molecule has 0 fully saturated rings. The summed E-state index contributed by atoms with van der Waals surface area (Å²) in [4.78, 5) is 19.8. The summed E-state index contributed by atoms with van der Waals surface area (Å²) in [7, 11) is 0. The van der Waals surface area contributed by atoms with E-state index in [-0.39, 0.29) is 25.3 Å². The first-order valence-corrected chi connectivity index (χ1v) is 2.48. The van der Waals surface area contributed by atoms with Gasteiger partial charge in [0.25, 0.3) is 0 Å². The van der Waals surface area contributed by atoms with Crippen molar-refractivity contribution in [2.45, 2.75) is 13.3 Å².